The first kappa shape index (κ1) is 36.2. The molecule has 0 aromatic heterocycles. The number of esters is 2. The van der Waals surface area contributed by atoms with E-state index in [1.165, 1.54) is 14.2 Å². The Morgan fingerprint density at radius 3 is 1.37 bits per heavy atom. The Bertz CT molecular complexity index is 454. The predicted octanol–water partition coefficient (Wildman–Crippen LogP) is 3.92. The molecule has 2 N–H and O–H groups in total. The normalized spacial score (nSPS) is 11.8. The van der Waals surface area contributed by atoms with Crippen LogP contribution in [0.3, 0.4) is 0 Å². The van der Waals surface area contributed by atoms with Gasteiger partial charge in [-0.05, 0) is 24.7 Å². The van der Waals surface area contributed by atoms with Crippen LogP contribution in [0.4, 0.5) is 0 Å². The van der Waals surface area contributed by atoms with E-state index in [1.54, 1.807) is 0 Å². The third-order valence-corrected chi connectivity index (χ3v) is 4.12. The van der Waals surface area contributed by atoms with Crippen molar-refractivity contribution in [2.75, 3.05) is 14.2 Å². The summed E-state index contributed by atoms with van der Waals surface area (Å²) in [6.45, 7) is 10.1. The van der Waals surface area contributed by atoms with Crippen LogP contribution in [0.25, 0.3) is 0 Å². The molecule has 0 saturated carbocycles. The molecule has 0 aliphatic heterocycles. The van der Waals surface area contributed by atoms with Crippen LogP contribution in [0.1, 0.15) is 73.1 Å². The fourth-order valence-electron chi connectivity index (χ4n) is 2.56. The molecule has 30 heavy (non-hydrogen) atoms. The molecule has 0 aromatic carbocycles. The van der Waals surface area contributed by atoms with Crippen LogP contribution in [-0.2, 0) is 28.7 Å². The molecule has 0 aliphatic rings. The van der Waals surface area contributed by atoms with E-state index in [0.29, 0.717) is 24.7 Å². The lowest BCUT2D eigenvalue weighted by molar-refractivity contribution is -0.142. The minimum Gasteiger partial charge on any atom is -0.469 e. The van der Waals surface area contributed by atoms with Gasteiger partial charge in [-0.3, -0.25) is 19.2 Å². The summed E-state index contributed by atoms with van der Waals surface area (Å²) in [6, 6.07) is -0.445. The summed E-state index contributed by atoms with van der Waals surface area (Å²) in [6.07, 6.45) is 2.38. The van der Waals surface area contributed by atoms with Crippen molar-refractivity contribution in [3.8, 4) is 0 Å². The van der Waals surface area contributed by atoms with Gasteiger partial charge in [0.05, 0.1) is 33.1 Å². The summed E-state index contributed by atoms with van der Waals surface area (Å²) in [5, 5.41) is 0. The van der Waals surface area contributed by atoms with Crippen LogP contribution < -0.4 is 5.73 Å². The minimum absolute atomic E-state index is 0. The number of ether oxygens (including phenoxy) is 2. The molecule has 0 radical (unpaired) electrons. The lowest BCUT2D eigenvalue weighted by atomic mass is 9.93. The van der Waals surface area contributed by atoms with E-state index in [1.807, 2.05) is 20.8 Å². The Morgan fingerprint density at radius 2 is 1.03 bits per heavy atom. The molecule has 0 heterocycles. The Morgan fingerprint density at radius 1 is 0.667 bits per heavy atom. The number of hydrogen-bond donors (Lipinski definition) is 1. The summed E-state index contributed by atoms with van der Waals surface area (Å²) in [5.41, 5.74) is 5.64. The summed E-state index contributed by atoms with van der Waals surface area (Å²) in [7, 11) is 2.64. The zero-order valence-electron chi connectivity index (χ0n) is 19.4. The molecule has 2 atom stereocenters. The van der Waals surface area contributed by atoms with Gasteiger partial charge in [-0.25, -0.2) is 0 Å². The number of halogens is 2. The molecule has 0 spiro atoms. The quantitative estimate of drug-likeness (QED) is 0.427. The highest BCUT2D eigenvalue weighted by Crippen LogP contribution is 2.14. The topological polar surface area (TPSA) is 113 Å². The molecule has 9 heteroatoms. The second-order valence-corrected chi connectivity index (χ2v) is 7.85. The Hall–Kier alpha value is -1.18. The van der Waals surface area contributed by atoms with Crippen molar-refractivity contribution >= 4 is 48.3 Å². The largest absolute Gasteiger partial charge is 0.469 e. The SMILES string of the molecule is COC(=O)CCC(=O)[C@@H](C)CC(C)C.COC(=O)CCC(=O)[C@@H](N)CC(C)C.Cl.Cl. The summed E-state index contributed by atoms with van der Waals surface area (Å²) in [5.74, 6) is 0.386. The highest BCUT2D eigenvalue weighted by Gasteiger charge is 2.16. The maximum absolute atomic E-state index is 11.5. The Balaban J connectivity index is -0.000000211. The van der Waals surface area contributed by atoms with E-state index in [0.717, 1.165) is 6.42 Å². The van der Waals surface area contributed by atoms with Crippen molar-refractivity contribution in [3.05, 3.63) is 0 Å². The molecule has 0 saturated heterocycles. The lowest BCUT2D eigenvalue weighted by Gasteiger charge is -2.12. The standard InChI is InChI=1S/C11H20O3.C10H19NO3.2ClH/c1-8(2)7-9(3)10(12)5-6-11(13)14-4;1-7(2)6-8(11)9(12)4-5-10(13)14-3;;/h8-9H,5-7H2,1-4H3;7-8H,4-6,11H2,1-3H3;2*1H/t9-;8-;;/m00../s1. The number of carbonyl (C=O) groups is 4. The number of methoxy groups -OCH3 is 2. The van der Waals surface area contributed by atoms with Gasteiger partial charge in [0.2, 0.25) is 0 Å². The molecule has 0 aliphatic carbocycles. The van der Waals surface area contributed by atoms with E-state index in [9.17, 15) is 19.2 Å². The van der Waals surface area contributed by atoms with Crippen molar-refractivity contribution in [2.45, 2.75) is 79.2 Å². The van der Waals surface area contributed by atoms with Gasteiger partial charge in [-0.2, -0.15) is 0 Å². The van der Waals surface area contributed by atoms with E-state index in [4.69, 9.17) is 5.73 Å². The van der Waals surface area contributed by atoms with Gasteiger partial charge in [-0.1, -0.05) is 34.6 Å². The molecule has 0 amide bonds. The maximum Gasteiger partial charge on any atom is 0.305 e. The first-order chi connectivity index (χ1) is 12.9. The van der Waals surface area contributed by atoms with E-state index in [-0.39, 0.29) is 73.5 Å². The first-order valence-corrected chi connectivity index (χ1v) is 9.89. The summed E-state index contributed by atoms with van der Waals surface area (Å²) < 4.78 is 8.90. The van der Waals surface area contributed by atoms with Gasteiger partial charge in [-0.15, -0.1) is 24.8 Å². The second-order valence-electron chi connectivity index (χ2n) is 7.85. The van der Waals surface area contributed by atoms with Crippen LogP contribution in [0.5, 0.6) is 0 Å². The fourth-order valence-corrected chi connectivity index (χ4v) is 2.56. The number of Topliss-reactive ketones (excluding diaryl/α,β-unsaturated/α-hetero) is 2. The molecular weight excluding hydrogens is 433 g/mol. The van der Waals surface area contributed by atoms with E-state index in [2.05, 4.69) is 23.3 Å². The third-order valence-electron chi connectivity index (χ3n) is 4.12. The lowest BCUT2D eigenvalue weighted by Crippen LogP contribution is -2.32. The Labute approximate surface area is 194 Å². The van der Waals surface area contributed by atoms with Crippen LogP contribution >= 0.6 is 24.8 Å². The average Bonchev–Trinajstić information content (AvgIpc) is 2.62. The van der Waals surface area contributed by atoms with Crippen molar-refractivity contribution in [1.29, 1.82) is 0 Å². The monoisotopic (exact) mass is 473 g/mol. The highest BCUT2D eigenvalue weighted by atomic mass is 35.5. The number of rotatable bonds is 12. The smallest absolute Gasteiger partial charge is 0.305 e. The van der Waals surface area contributed by atoms with Crippen molar-refractivity contribution < 1.29 is 28.7 Å². The van der Waals surface area contributed by atoms with Gasteiger partial charge in [0.1, 0.15) is 11.6 Å². The number of ketones is 2. The molecule has 0 fully saturated rings. The molecule has 180 valence electrons. The van der Waals surface area contributed by atoms with Crippen LogP contribution in [0.15, 0.2) is 0 Å². The van der Waals surface area contributed by atoms with Gasteiger partial charge >= 0.3 is 11.9 Å². The number of hydrogen-bond acceptors (Lipinski definition) is 7. The van der Waals surface area contributed by atoms with Crippen LogP contribution in [0.2, 0.25) is 0 Å². The van der Waals surface area contributed by atoms with Crippen molar-refractivity contribution in [2.24, 2.45) is 23.5 Å². The number of nitrogens with two attached hydrogens (primary N) is 1. The van der Waals surface area contributed by atoms with Gasteiger partial charge in [0.15, 0.2) is 0 Å². The van der Waals surface area contributed by atoms with Gasteiger partial charge in [0, 0.05) is 18.8 Å². The molecular formula is C21H41Cl2NO6. The molecule has 7 nitrogen and oxygen atoms in total. The maximum atomic E-state index is 11.5. The van der Waals surface area contributed by atoms with Crippen molar-refractivity contribution in [3.63, 3.8) is 0 Å². The van der Waals surface area contributed by atoms with E-state index >= 15 is 0 Å². The minimum atomic E-state index is -0.445. The molecule has 0 aromatic rings. The van der Waals surface area contributed by atoms with Crippen LogP contribution in [-0.4, -0.2) is 43.8 Å². The van der Waals surface area contributed by atoms with Gasteiger partial charge in [0.25, 0.3) is 0 Å². The van der Waals surface area contributed by atoms with Crippen LogP contribution in [0, 0.1) is 17.8 Å². The fraction of sp³-hybridized carbons (Fsp3) is 0.810. The zero-order valence-corrected chi connectivity index (χ0v) is 21.0. The van der Waals surface area contributed by atoms with Crippen molar-refractivity contribution in [1.82, 2.24) is 0 Å². The summed E-state index contributed by atoms with van der Waals surface area (Å²) >= 11 is 0. The van der Waals surface area contributed by atoms with E-state index < -0.39 is 6.04 Å². The number of carbonyl (C=O) groups excluding carboxylic acids is 4. The third kappa shape index (κ3) is 21.5. The first-order valence-electron chi connectivity index (χ1n) is 9.89. The predicted molar refractivity (Wildman–Crippen MR) is 123 cm³/mol. The van der Waals surface area contributed by atoms with Gasteiger partial charge < -0.3 is 15.2 Å². The second kappa shape index (κ2) is 21.1. The molecule has 0 rings (SSSR count). The summed E-state index contributed by atoms with van der Waals surface area (Å²) in [4.78, 5) is 44.4. The Kier molecular flexibility index (Phi) is 25.4. The highest BCUT2D eigenvalue weighted by molar-refractivity contribution is 5.87. The molecule has 0 bridgehead atoms. The zero-order chi connectivity index (χ0) is 22.3. The molecule has 0 unspecified atom stereocenters. The average molecular weight is 474 g/mol.